The molecule has 0 bridgehead atoms. The number of nitrogens with one attached hydrogen (secondary N) is 2. The highest BCUT2D eigenvalue weighted by atomic mass is 16.5. The molecule has 0 aliphatic carbocycles. The van der Waals surface area contributed by atoms with Gasteiger partial charge >= 0.3 is 6.03 Å². The summed E-state index contributed by atoms with van der Waals surface area (Å²) in [6.45, 7) is 9.90. The summed E-state index contributed by atoms with van der Waals surface area (Å²) in [7, 11) is 0. The number of benzene rings is 2. The van der Waals surface area contributed by atoms with E-state index in [-0.39, 0.29) is 35.8 Å². The molecule has 2 aliphatic heterocycles. The normalized spacial score (nSPS) is 19.9. The number of ether oxygens (including phenoxy) is 1. The number of rotatable bonds is 11. The topological polar surface area (TPSA) is 91.0 Å². The van der Waals surface area contributed by atoms with Crippen LogP contribution in [0.3, 0.4) is 0 Å². The van der Waals surface area contributed by atoms with E-state index in [1.807, 2.05) is 104 Å². The second kappa shape index (κ2) is 15.6. The van der Waals surface area contributed by atoms with Crippen molar-refractivity contribution < 1.29 is 19.1 Å². The van der Waals surface area contributed by atoms with Crippen molar-refractivity contribution in [3.8, 4) is 5.75 Å². The van der Waals surface area contributed by atoms with Crippen LogP contribution in [0.5, 0.6) is 5.75 Å². The molecule has 4 rings (SSSR count). The summed E-state index contributed by atoms with van der Waals surface area (Å²) in [4.78, 5) is 44.5. The van der Waals surface area contributed by atoms with E-state index < -0.39 is 12.1 Å². The van der Waals surface area contributed by atoms with Crippen molar-refractivity contribution in [1.82, 2.24) is 20.4 Å². The predicted octanol–water partition coefficient (Wildman–Crippen LogP) is 5.47. The van der Waals surface area contributed by atoms with Gasteiger partial charge in [-0.05, 0) is 62.3 Å². The summed E-state index contributed by atoms with van der Waals surface area (Å²) in [5.41, 5.74) is 1.99. The third kappa shape index (κ3) is 9.34. The van der Waals surface area contributed by atoms with E-state index in [0.29, 0.717) is 32.5 Å². The van der Waals surface area contributed by atoms with Crippen LogP contribution in [0.1, 0.15) is 70.9 Å². The smallest absolute Gasteiger partial charge is 0.318 e. The fourth-order valence-corrected chi connectivity index (χ4v) is 5.85. The Hall–Kier alpha value is -3.81. The van der Waals surface area contributed by atoms with Crippen molar-refractivity contribution in [2.24, 2.45) is 5.92 Å². The summed E-state index contributed by atoms with van der Waals surface area (Å²) in [6, 6.07) is 15.8. The van der Waals surface area contributed by atoms with Crippen LogP contribution in [-0.2, 0) is 22.6 Å². The molecule has 43 heavy (non-hydrogen) atoms. The fraction of sp³-hybridized carbons (Fsp3) is 0.514. The molecule has 2 aromatic carbocycles. The van der Waals surface area contributed by atoms with Gasteiger partial charge in [0.2, 0.25) is 11.8 Å². The maximum absolute atomic E-state index is 13.9. The maximum atomic E-state index is 13.9. The number of carbonyl (C=O) groups is 3. The lowest BCUT2D eigenvalue weighted by atomic mass is 10.0. The Bertz CT molecular complexity index is 1210. The van der Waals surface area contributed by atoms with Gasteiger partial charge in [0.05, 0.1) is 0 Å². The van der Waals surface area contributed by atoms with Crippen LogP contribution in [0.4, 0.5) is 4.79 Å². The van der Waals surface area contributed by atoms with E-state index in [4.69, 9.17) is 4.74 Å². The summed E-state index contributed by atoms with van der Waals surface area (Å²) >= 11 is 0. The third-order valence-corrected chi connectivity index (χ3v) is 8.24. The van der Waals surface area contributed by atoms with E-state index in [1.54, 1.807) is 0 Å². The van der Waals surface area contributed by atoms with Crippen molar-refractivity contribution in [2.75, 3.05) is 13.1 Å². The molecule has 4 atom stereocenters. The lowest BCUT2D eigenvalue weighted by Crippen LogP contribution is -2.58. The SMILES string of the molecule is CC(C)CC(NC(=O)N1CCCCCC1)C(=O)NC(Cc1ccc(OCc2ccccc2)cc1)C(=O)N1[C@@H](C)C=C[C@@H]1C. The average molecular weight is 589 g/mol. The number of hydrogen-bond donors (Lipinski definition) is 2. The molecule has 8 nitrogen and oxygen atoms in total. The summed E-state index contributed by atoms with van der Waals surface area (Å²) in [5.74, 6) is 0.453. The lowest BCUT2D eigenvalue weighted by Gasteiger charge is -2.32. The molecule has 2 heterocycles. The minimum atomic E-state index is -0.780. The minimum absolute atomic E-state index is 0.0649. The highest BCUT2D eigenvalue weighted by Gasteiger charge is 2.35. The molecule has 0 saturated carbocycles. The molecule has 0 aromatic heterocycles. The Morgan fingerprint density at radius 2 is 1.44 bits per heavy atom. The Labute approximate surface area is 256 Å². The number of carbonyl (C=O) groups excluding carboxylic acids is 3. The van der Waals surface area contributed by atoms with Crippen LogP contribution in [0.2, 0.25) is 0 Å². The van der Waals surface area contributed by atoms with E-state index in [0.717, 1.165) is 42.6 Å². The molecule has 2 aliphatic rings. The van der Waals surface area contributed by atoms with Crippen LogP contribution >= 0.6 is 0 Å². The first-order valence-corrected chi connectivity index (χ1v) is 15.8. The number of urea groups is 1. The molecular weight excluding hydrogens is 540 g/mol. The van der Waals surface area contributed by atoms with Gasteiger partial charge in [-0.2, -0.15) is 0 Å². The van der Waals surface area contributed by atoms with Gasteiger partial charge in [-0.3, -0.25) is 9.59 Å². The van der Waals surface area contributed by atoms with E-state index in [1.165, 1.54) is 0 Å². The Morgan fingerprint density at radius 3 is 2.05 bits per heavy atom. The predicted molar refractivity (Wildman–Crippen MR) is 170 cm³/mol. The van der Waals surface area contributed by atoms with Gasteiger partial charge in [0.1, 0.15) is 24.4 Å². The van der Waals surface area contributed by atoms with Crippen LogP contribution in [-0.4, -0.2) is 64.9 Å². The molecule has 8 heteroatoms. The second-order valence-corrected chi connectivity index (χ2v) is 12.3. The van der Waals surface area contributed by atoms with Crippen LogP contribution in [0, 0.1) is 5.92 Å². The molecule has 232 valence electrons. The molecule has 1 fully saturated rings. The molecule has 1 saturated heterocycles. The van der Waals surface area contributed by atoms with Crippen molar-refractivity contribution in [3.05, 3.63) is 77.9 Å². The number of hydrogen-bond acceptors (Lipinski definition) is 4. The highest BCUT2D eigenvalue weighted by Crippen LogP contribution is 2.21. The Morgan fingerprint density at radius 1 is 0.814 bits per heavy atom. The van der Waals surface area contributed by atoms with Crippen molar-refractivity contribution in [1.29, 1.82) is 0 Å². The summed E-state index contributed by atoms with van der Waals surface area (Å²) in [5, 5.41) is 6.05. The number of likely N-dealkylation sites (tertiary alicyclic amines) is 1. The standard InChI is InChI=1S/C35H48N4O4/c1-25(2)22-31(37-35(42)38-20-10-5-6-11-21-38)33(40)36-32(34(41)39-26(3)14-15-27(39)4)23-28-16-18-30(19-17-28)43-24-29-12-8-7-9-13-29/h7-9,12-19,25-27,31-32H,5-6,10-11,20-24H2,1-4H3,(H,36,40)(H,37,42)/t26-,27-,31?,32?/m0/s1. The molecule has 0 spiro atoms. The van der Waals surface area contributed by atoms with Gasteiger partial charge in [-0.25, -0.2) is 4.79 Å². The van der Waals surface area contributed by atoms with Gasteiger partial charge in [0.15, 0.2) is 0 Å². The quantitative estimate of drug-likeness (QED) is 0.341. The molecule has 2 unspecified atom stereocenters. The van der Waals surface area contributed by atoms with Crippen molar-refractivity contribution in [3.63, 3.8) is 0 Å². The van der Waals surface area contributed by atoms with Gasteiger partial charge < -0.3 is 25.2 Å². The van der Waals surface area contributed by atoms with Gasteiger partial charge in [0, 0.05) is 31.6 Å². The summed E-state index contributed by atoms with van der Waals surface area (Å²) in [6.07, 6.45) is 9.03. The van der Waals surface area contributed by atoms with E-state index in [2.05, 4.69) is 10.6 Å². The van der Waals surface area contributed by atoms with E-state index in [9.17, 15) is 14.4 Å². The van der Waals surface area contributed by atoms with Crippen molar-refractivity contribution in [2.45, 2.75) is 97.0 Å². The lowest BCUT2D eigenvalue weighted by molar-refractivity contribution is -0.138. The van der Waals surface area contributed by atoms with Crippen molar-refractivity contribution >= 4 is 17.8 Å². The number of nitrogens with zero attached hydrogens (tertiary/aromatic N) is 2. The van der Waals surface area contributed by atoms with Gasteiger partial charge in [-0.15, -0.1) is 0 Å². The second-order valence-electron chi connectivity index (χ2n) is 12.3. The fourth-order valence-electron chi connectivity index (χ4n) is 5.85. The van der Waals surface area contributed by atoms with Crippen LogP contribution in [0.15, 0.2) is 66.7 Å². The molecule has 2 aromatic rings. The molecule has 4 amide bonds. The van der Waals surface area contributed by atoms with Gasteiger partial charge in [0.25, 0.3) is 0 Å². The molecular formula is C35H48N4O4. The first kappa shape index (κ1) is 32.1. The third-order valence-electron chi connectivity index (χ3n) is 8.24. The highest BCUT2D eigenvalue weighted by molar-refractivity contribution is 5.92. The number of amides is 4. The zero-order valence-corrected chi connectivity index (χ0v) is 26.1. The average Bonchev–Trinajstić information content (AvgIpc) is 3.16. The van der Waals surface area contributed by atoms with Crippen LogP contribution < -0.4 is 15.4 Å². The first-order chi connectivity index (χ1) is 20.7. The van der Waals surface area contributed by atoms with Crippen LogP contribution in [0.25, 0.3) is 0 Å². The maximum Gasteiger partial charge on any atom is 0.318 e. The van der Waals surface area contributed by atoms with Gasteiger partial charge in [-0.1, -0.05) is 81.3 Å². The summed E-state index contributed by atoms with van der Waals surface area (Å²) < 4.78 is 5.94. The van der Waals surface area contributed by atoms with E-state index >= 15 is 0 Å². The minimum Gasteiger partial charge on any atom is -0.489 e. The zero-order valence-electron chi connectivity index (χ0n) is 26.1. The monoisotopic (exact) mass is 588 g/mol. The first-order valence-electron chi connectivity index (χ1n) is 15.8. The Kier molecular flexibility index (Phi) is 11.6. The molecule has 0 radical (unpaired) electrons. The Balaban J connectivity index is 1.47. The largest absolute Gasteiger partial charge is 0.489 e. The zero-order chi connectivity index (χ0) is 30.8. The molecule has 2 N–H and O–H groups in total.